The van der Waals surface area contributed by atoms with Crippen LogP contribution < -0.4 is 10.6 Å². The molecule has 0 spiro atoms. The first-order valence-electron chi connectivity index (χ1n) is 9.38. The number of ether oxygens (including phenoxy) is 1. The minimum Gasteiger partial charge on any atom is -0.384 e. The van der Waals surface area contributed by atoms with Crippen LogP contribution in [0.15, 0.2) is 30.3 Å². The Bertz CT molecular complexity index is 793. The Hall–Kier alpha value is -1.89. The molecule has 0 unspecified atom stereocenters. The van der Waals surface area contributed by atoms with Crippen LogP contribution in [0, 0.1) is 25.1 Å². The number of nitrogens with one attached hydrogen (secondary N) is 2. The van der Waals surface area contributed by atoms with Crippen molar-refractivity contribution in [1.82, 2.24) is 15.2 Å². The van der Waals surface area contributed by atoms with Crippen LogP contribution in [0.3, 0.4) is 0 Å². The number of nitrogens with zero attached hydrogens (tertiary/aromatic N) is 1. The summed E-state index contributed by atoms with van der Waals surface area (Å²) in [6.07, 6.45) is 1.96. The smallest absolute Gasteiger partial charge is 0.253 e. The lowest BCUT2D eigenvalue weighted by molar-refractivity contribution is 0.0511. The molecule has 2 N–H and O–H groups in total. The summed E-state index contributed by atoms with van der Waals surface area (Å²) in [5, 5.41) is 6.48. The van der Waals surface area contributed by atoms with E-state index in [1.807, 2.05) is 24.5 Å². The molecule has 2 heterocycles. The summed E-state index contributed by atoms with van der Waals surface area (Å²) < 4.78 is 20.6. The summed E-state index contributed by atoms with van der Waals surface area (Å²) in [5.74, 6) is -0.352. The van der Waals surface area contributed by atoms with Crippen LogP contribution in [-0.2, 0) is 4.74 Å². The third-order valence-corrected chi connectivity index (χ3v) is 5.50. The third kappa shape index (κ3) is 4.74. The molecule has 28 heavy (non-hydrogen) atoms. The number of methoxy groups -OCH3 is 1. The van der Waals surface area contributed by atoms with Crippen molar-refractivity contribution in [2.45, 2.75) is 26.7 Å². The number of carbonyl (C=O) groups excluding carboxylic acids is 1. The highest BCUT2D eigenvalue weighted by Gasteiger charge is 2.33. The van der Waals surface area contributed by atoms with Crippen LogP contribution >= 0.6 is 12.4 Å². The molecule has 1 aliphatic heterocycles. The van der Waals surface area contributed by atoms with E-state index in [0.717, 1.165) is 43.0 Å². The quantitative estimate of drug-likeness (QED) is 0.768. The molecule has 1 aromatic carbocycles. The van der Waals surface area contributed by atoms with Crippen molar-refractivity contribution < 1.29 is 13.9 Å². The third-order valence-electron chi connectivity index (χ3n) is 5.50. The molecule has 5 nitrogen and oxygen atoms in total. The first kappa shape index (κ1) is 22.4. The van der Waals surface area contributed by atoms with E-state index in [4.69, 9.17) is 4.74 Å². The lowest BCUT2D eigenvalue weighted by Crippen LogP contribution is -2.47. The fourth-order valence-electron chi connectivity index (χ4n) is 3.98. The molecule has 2 aromatic rings. The van der Waals surface area contributed by atoms with Crippen molar-refractivity contribution in [3.63, 3.8) is 0 Å². The van der Waals surface area contributed by atoms with E-state index in [2.05, 4.69) is 10.6 Å². The number of rotatable bonds is 6. The van der Waals surface area contributed by atoms with Gasteiger partial charge in [0, 0.05) is 36.1 Å². The van der Waals surface area contributed by atoms with Crippen LogP contribution in [-0.4, -0.2) is 43.8 Å². The topological polar surface area (TPSA) is 55.3 Å². The Morgan fingerprint density at radius 1 is 1.25 bits per heavy atom. The summed E-state index contributed by atoms with van der Waals surface area (Å²) in [7, 11) is 1.71. The highest BCUT2D eigenvalue weighted by atomic mass is 35.5. The fourth-order valence-corrected chi connectivity index (χ4v) is 3.98. The number of amides is 1. The van der Waals surface area contributed by atoms with Gasteiger partial charge in [0.15, 0.2) is 0 Å². The average molecular weight is 410 g/mol. The van der Waals surface area contributed by atoms with E-state index in [0.29, 0.717) is 18.7 Å². The minimum atomic E-state index is -0.274. The largest absolute Gasteiger partial charge is 0.384 e. The monoisotopic (exact) mass is 409 g/mol. The zero-order valence-electron chi connectivity index (χ0n) is 16.7. The average Bonchev–Trinajstić information content (AvgIpc) is 2.96. The summed E-state index contributed by atoms with van der Waals surface area (Å²) in [5.41, 5.74) is 3.27. The van der Waals surface area contributed by atoms with Crippen molar-refractivity contribution in [3.05, 3.63) is 53.1 Å². The number of aromatic nitrogens is 1. The van der Waals surface area contributed by atoms with E-state index in [9.17, 15) is 9.18 Å². The Morgan fingerprint density at radius 2 is 1.89 bits per heavy atom. The predicted octanol–water partition coefficient (Wildman–Crippen LogP) is 3.40. The molecule has 0 aliphatic carbocycles. The number of benzene rings is 1. The van der Waals surface area contributed by atoms with Crippen LogP contribution in [0.1, 0.15) is 34.6 Å². The van der Waals surface area contributed by atoms with Crippen molar-refractivity contribution in [3.8, 4) is 5.69 Å². The van der Waals surface area contributed by atoms with Gasteiger partial charge in [0.25, 0.3) is 5.91 Å². The van der Waals surface area contributed by atoms with E-state index in [1.165, 1.54) is 12.1 Å². The van der Waals surface area contributed by atoms with Crippen LogP contribution in [0.2, 0.25) is 0 Å². The summed E-state index contributed by atoms with van der Waals surface area (Å²) in [6, 6.07) is 8.19. The van der Waals surface area contributed by atoms with Crippen molar-refractivity contribution >= 4 is 18.3 Å². The molecule has 0 bridgehead atoms. The second-order valence-corrected chi connectivity index (χ2v) is 7.46. The Morgan fingerprint density at radius 3 is 2.50 bits per heavy atom. The molecule has 1 aliphatic rings. The maximum atomic E-state index is 13.2. The van der Waals surface area contributed by atoms with Gasteiger partial charge < -0.3 is 19.9 Å². The van der Waals surface area contributed by atoms with Gasteiger partial charge in [-0.2, -0.15) is 0 Å². The van der Waals surface area contributed by atoms with Crippen LogP contribution in [0.5, 0.6) is 0 Å². The predicted molar refractivity (Wildman–Crippen MR) is 111 cm³/mol. The minimum absolute atomic E-state index is 0. The number of piperidine rings is 1. The van der Waals surface area contributed by atoms with Gasteiger partial charge in [0.1, 0.15) is 5.82 Å². The first-order valence-corrected chi connectivity index (χ1v) is 9.38. The van der Waals surface area contributed by atoms with Crippen molar-refractivity contribution in [2.24, 2.45) is 5.41 Å². The molecule has 7 heteroatoms. The van der Waals surface area contributed by atoms with Gasteiger partial charge in [-0.05, 0) is 70.1 Å². The van der Waals surface area contributed by atoms with Crippen molar-refractivity contribution in [2.75, 3.05) is 33.4 Å². The van der Waals surface area contributed by atoms with Gasteiger partial charge in [-0.1, -0.05) is 0 Å². The SMILES string of the molecule is COCC1(CNC(=O)c2cc(C)n(-c3ccc(F)cc3)c2C)CCNCC1.Cl. The maximum Gasteiger partial charge on any atom is 0.253 e. The molecule has 154 valence electrons. The van der Waals surface area contributed by atoms with Gasteiger partial charge in [0.05, 0.1) is 12.2 Å². The summed E-state index contributed by atoms with van der Waals surface area (Å²) in [4.78, 5) is 12.9. The van der Waals surface area contributed by atoms with Gasteiger partial charge in [-0.15, -0.1) is 12.4 Å². The van der Waals surface area contributed by atoms with Gasteiger partial charge in [-0.3, -0.25) is 4.79 Å². The normalized spacial score (nSPS) is 15.7. The zero-order valence-corrected chi connectivity index (χ0v) is 17.5. The summed E-state index contributed by atoms with van der Waals surface area (Å²) >= 11 is 0. The number of hydrogen-bond donors (Lipinski definition) is 2. The summed E-state index contributed by atoms with van der Waals surface area (Å²) in [6.45, 7) is 6.99. The molecular formula is C21H29ClFN3O2. The van der Waals surface area contributed by atoms with E-state index in [1.54, 1.807) is 19.2 Å². The lowest BCUT2D eigenvalue weighted by atomic mass is 9.79. The highest BCUT2D eigenvalue weighted by molar-refractivity contribution is 5.96. The Labute approximate surface area is 172 Å². The molecule has 1 amide bonds. The number of aryl methyl sites for hydroxylation is 1. The lowest BCUT2D eigenvalue weighted by Gasteiger charge is -2.37. The second kappa shape index (κ2) is 9.54. The number of hydrogen-bond acceptors (Lipinski definition) is 3. The van der Waals surface area contributed by atoms with Crippen molar-refractivity contribution in [1.29, 1.82) is 0 Å². The number of carbonyl (C=O) groups is 1. The molecule has 1 fully saturated rings. The van der Waals surface area contributed by atoms with Crippen LogP contribution in [0.25, 0.3) is 5.69 Å². The fraction of sp³-hybridized carbons (Fsp3) is 0.476. The standard InChI is InChI=1S/C21H28FN3O2.ClH/c1-15-12-19(16(2)25(15)18-6-4-17(22)5-7-18)20(26)24-13-21(14-27-3)8-10-23-11-9-21;/h4-7,12,23H,8-11,13-14H2,1-3H3,(H,24,26);1H. The molecular weight excluding hydrogens is 381 g/mol. The number of halogens is 2. The molecule has 1 aromatic heterocycles. The Kier molecular flexibility index (Phi) is 7.63. The zero-order chi connectivity index (χ0) is 19.4. The second-order valence-electron chi connectivity index (χ2n) is 7.46. The molecule has 3 rings (SSSR count). The molecule has 1 saturated heterocycles. The maximum absolute atomic E-state index is 13.2. The Balaban J connectivity index is 0.00000280. The highest BCUT2D eigenvalue weighted by Crippen LogP contribution is 2.28. The molecule has 0 atom stereocenters. The first-order chi connectivity index (χ1) is 13.0. The van der Waals surface area contributed by atoms with Crippen LogP contribution in [0.4, 0.5) is 4.39 Å². The van der Waals surface area contributed by atoms with E-state index < -0.39 is 0 Å². The van der Waals surface area contributed by atoms with Gasteiger partial charge >= 0.3 is 0 Å². The molecule has 0 saturated carbocycles. The van der Waals surface area contributed by atoms with E-state index in [-0.39, 0.29) is 29.5 Å². The molecule has 0 radical (unpaired) electrons. The van der Waals surface area contributed by atoms with Gasteiger partial charge in [0.2, 0.25) is 0 Å². The van der Waals surface area contributed by atoms with E-state index >= 15 is 0 Å². The van der Waals surface area contributed by atoms with Gasteiger partial charge in [-0.25, -0.2) is 4.39 Å².